The first-order valence-electron chi connectivity index (χ1n) is 9.74. The fraction of sp³-hybridized carbons (Fsp3) is 0.391. The van der Waals surface area contributed by atoms with Crippen molar-refractivity contribution in [3.63, 3.8) is 0 Å². The van der Waals surface area contributed by atoms with E-state index in [0.717, 1.165) is 11.3 Å². The lowest BCUT2D eigenvalue weighted by molar-refractivity contribution is -0.141. The molecule has 1 aromatic carbocycles. The quantitative estimate of drug-likeness (QED) is 0.558. The van der Waals surface area contributed by atoms with Crippen LogP contribution in [0.3, 0.4) is 0 Å². The van der Waals surface area contributed by atoms with E-state index in [9.17, 15) is 14.0 Å². The first kappa shape index (κ1) is 22.4. The van der Waals surface area contributed by atoms with Crippen LogP contribution in [0.2, 0.25) is 0 Å². The summed E-state index contributed by atoms with van der Waals surface area (Å²) in [7, 11) is 0. The zero-order valence-electron chi connectivity index (χ0n) is 17.4. The summed E-state index contributed by atoms with van der Waals surface area (Å²) in [5.41, 5.74) is 0.798. The number of halogens is 1. The largest absolute Gasteiger partial charge is 0.464 e. The highest BCUT2D eigenvalue weighted by Gasteiger charge is 2.22. The van der Waals surface area contributed by atoms with E-state index in [2.05, 4.69) is 6.58 Å². The molecule has 29 heavy (non-hydrogen) atoms. The van der Waals surface area contributed by atoms with Crippen LogP contribution < -0.4 is 0 Å². The van der Waals surface area contributed by atoms with Gasteiger partial charge in [0, 0.05) is 19.5 Å². The Morgan fingerprint density at radius 3 is 2.31 bits per heavy atom. The first-order chi connectivity index (χ1) is 13.8. The van der Waals surface area contributed by atoms with E-state index in [4.69, 9.17) is 4.42 Å². The maximum Gasteiger partial charge on any atom is 0.242 e. The van der Waals surface area contributed by atoms with Gasteiger partial charge in [-0.1, -0.05) is 32.1 Å². The Morgan fingerprint density at radius 2 is 1.76 bits per heavy atom. The summed E-state index contributed by atoms with van der Waals surface area (Å²) in [5, 5.41) is 0. The zero-order valence-corrected chi connectivity index (χ0v) is 17.4. The smallest absolute Gasteiger partial charge is 0.242 e. The number of amides is 2. The molecule has 0 fully saturated rings. The fourth-order valence-electron chi connectivity index (χ4n) is 2.95. The van der Waals surface area contributed by atoms with Crippen LogP contribution in [-0.4, -0.2) is 34.7 Å². The van der Waals surface area contributed by atoms with Crippen LogP contribution in [0.15, 0.2) is 53.5 Å². The minimum Gasteiger partial charge on any atom is -0.464 e. The number of benzene rings is 1. The second-order valence-electron chi connectivity index (χ2n) is 7.55. The molecule has 0 aliphatic rings. The van der Waals surface area contributed by atoms with Gasteiger partial charge in [0.05, 0.1) is 6.54 Å². The van der Waals surface area contributed by atoms with Crippen LogP contribution in [-0.2, 0) is 22.7 Å². The highest BCUT2D eigenvalue weighted by molar-refractivity contribution is 5.85. The van der Waals surface area contributed by atoms with Gasteiger partial charge in [-0.2, -0.15) is 0 Å². The van der Waals surface area contributed by atoms with Gasteiger partial charge in [-0.15, -0.1) is 6.58 Å². The molecule has 1 aromatic heterocycles. The van der Waals surface area contributed by atoms with Crippen molar-refractivity contribution in [1.82, 2.24) is 9.80 Å². The summed E-state index contributed by atoms with van der Waals surface area (Å²) in [5.74, 6) is 0.999. The number of aryl methyl sites for hydroxylation is 1. The predicted molar refractivity (Wildman–Crippen MR) is 110 cm³/mol. The molecule has 0 bridgehead atoms. The van der Waals surface area contributed by atoms with Crippen molar-refractivity contribution in [1.29, 1.82) is 0 Å². The van der Waals surface area contributed by atoms with Gasteiger partial charge in [0.15, 0.2) is 0 Å². The molecule has 1 heterocycles. The molecule has 0 aliphatic heterocycles. The first-order valence-corrected chi connectivity index (χ1v) is 9.74. The highest BCUT2D eigenvalue weighted by Crippen LogP contribution is 2.15. The predicted octanol–water partition coefficient (Wildman–Crippen LogP) is 4.32. The lowest BCUT2D eigenvalue weighted by Gasteiger charge is -2.27. The summed E-state index contributed by atoms with van der Waals surface area (Å²) in [6, 6.07) is 9.69. The van der Waals surface area contributed by atoms with Gasteiger partial charge in [0.25, 0.3) is 0 Å². The molecule has 0 unspecified atom stereocenters. The molecular formula is C23H29FN2O3. The standard InChI is InChI=1S/C23H29FN2O3/c1-5-12-25(22(27)13-17(2)3)16-23(28)26(15-21-11-6-18(4)29-21)14-19-7-9-20(24)10-8-19/h5-11,17H,1,12-16H2,2-4H3. The van der Waals surface area contributed by atoms with E-state index in [1.165, 1.54) is 17.0 Å². The van der Waals surface area contributed by atoms with Crippen molar-refractivity contribution in [2.45, 2.75) is 40.3 Å². The molecule has 0 atom stereocenters. The molecule has 0 saturated heterocycles. The maximum absolute atomic E-state index is 13.2. The van der Waals surface area contributed by atoms with Crippen molar-refractivity contribution < 1.29 is 18.4 Å². The van der Waals surface area contributed by atoms with Crippen LogP contribution in [0.5, 0.6) is 0 Å². The van der Waals surface area contributed by atoms with Crippen LogP contribution in [0.25, 0.3) is 0 Å². The highest BCUT2D eigenvalue weighted by atomic mass is 19.1. The minimum atomic E-state index is -0.329. The fourth-order valence-corrected chi connectivity index (χ4v) is 2.95. The molecule has 5 nitrogen and oxygen atoms in total. The third-order valence-electron chi connectivity index (χ3n) is 4.39. The lowest BCUT2D eigenvalue weighted by Crippen LogP contribution is -2.42. The van der Waals surface area contributed by atoms with Crippen LogP contribution in [0, 0.1) is 18.7 Å². The van der Waals surface area contributed by atoms with Crippen molar-refractivity contribution in [2.75, 3.05) is 13.1 Å². The Labute approximate surface area is 171 Å². The van der Waals surface area contributed by atoms with E-state index < -0.39 is 0 Å². The molecule has 6 heteroatoms. The van der Waals surface area contributed by atoms with E-state index in [0.29, 0.717) is 25.3 Å². The average molecular weight is 400 g/mol. The van der Waals surface area contributed by atoms with Gasteiger partial charge in [-0.3, -0.25) is 9.59 Å². The van der Waals surface area contributed by atoms with E-state index in [1.807, 2.05) is 32.9 Å². The summed E-state index contributed by atoms with van der Waals surface area (Å²) >= 11 is 0. The summed E-state index contributed by atoms with van der Waals surface area (Å²) < 4.78 is 18.9. The van der Waals surface area contributed by atoms with Gasteiger partial charge in [0.2, 0.25) is 11.8 Å². The molecule has 156 valence electrons. The number of furan rings is 1. The van der Waals surface area contributed by atoms with Gasteiger partial charge >= 0.3 is 0 Å². The van der Waals surface area contributed by atoms with E-state index >= 15 is 0 Å². The molecule has 0 aliphatic carbocycles. The van der Waals surface area contributed by atoms with Crippen LogP contribution in [0.1, 0.15) is 37.4 Å². The van der Waals surface area contributed by atoms with Crippen LogP contribution in [0.4, 0.5) is 4.39 Å². The molecule has 2 aromatic rings. The normalized spacial score (nSPS) is 10.8. The number of carbonyl (C=O) groups is 2. The Bertz CT molecular complexity index is 827. The van der Waals surface area contributed by atoms with E-state index in [1.54, 1.807) is 23.1 Å². The van der Waals surface area contributed by atoms with Gasteiger partial charge in [0.1, 0.15) is 23.9 Å². The lowest BCUT2D eigenvalue weighted by atomic mass is 10.1. The van der Waals surface area contributed by atoms with Crippen molar-refractivity contribution in [2.24, 2.45) is 5.92 Å². The summed E-state index contributed by atoms with van der Waals surface area (Å²) in [6.45, 7) is 10.3. The third-order valence-corrected chi connectivity index (χ3v) is 4.39. The molecule has 0 spiro atoms. The summed E-state index contributed by atoms with van der Waals surface area (Å²) in [4.78, 5) is 28.7. The van der Waals surface area contributed by atoms with Crippen molar-refractivity contribution >= 4 is 11.8 Å². The van der Waals surface area contributed by atoms with Gasteiger partial charge < -0.3 is 14.2 Å². The Hall–Kier alpha value is -2.89. The number of hydrogen-bond acceptors (Lipinski definition) is 3. The second-order valence-corrected chi connectivity index (χ2v) is 7.55. The number of rotatable bonds is 10. The van der Waals surface area contributed by atoms with Gasteiger partial charge in [-0.25, -0.2) is 4.39 Å². The average Bonchev–Trinajstić information content (AvgIpc) is 3.06. The molecule has 2 rings (SSSR count). The molecule has 0 N–H and O–H groups in total. The number of hydrogen-bond donors (Lipinski definition) is 0. The molecule has 2 amide bonds. The monoisotopic (exact) mass is 400 g/mol. The molecule has 0 radical (unpaired) electrons. The number of carbonyl (C=O) groups excluding carboxylic acids is 2. The second kappa shape index (κ2) is 10.6. The summed E-state index contributed by atoms with van der Waals surface area (Å²) in [6.07, 6.45) is 1.99. The van der Waals surface area contributed by atoms with Crippen molar-refractivity contribution in [3.8, 4) is 0 Å². The topological polar surface area (TPSA) is 53.8 Å². The third kappa shape index (κ3) is 7.22. The SMILES string of the molecule is C=CCN(CC(=O)N(Cc1ccc(F)cc1)Cc1ccc(C)o1)C(=O)CC(C)C. The Morgan fingerprint density at radius 1 is 1.07 bits per heavy atom. The molecular weight excluding hydrogens is 371 g/mol. The zero-order chi connectivity index (χ0) is 21.4. The Balaban J connectivity index is 2.17. The van der Waals surface area contributed by atoms with E-state index in [-0.39, 0.29) is 36.6 Å². The van der Waals surface area contributed by atoms with Gasteiger partial charge in [-0.05, 0) is 42.7 Å². The minimum absolute atomic E-state index is 0.0432. The number of nitrogens with zero attached hydrogens (tertiary/aromatic N) is 2. The van der Waals surface area contributed by atoms with Crippen molar-refractivity contribution in [3.05, 3.63) is 72.0 Å². The Kier molecular flexibility index (Phi) is 8.19. The molecule has 0 saturated carbocycles. The maximum atomic E-state index is 13.2. The van der Waals surface area contributed by atoms with Crippen LogP contribution >= 0.6 is 0 Å².